The van der Waals surface area contributed by atoms with Crippen LogP contribution >= 0.6 is 0 Å². The number of benzene rings is 2. The fourth-order valence-corrected chi connectivity index (χ4v) is 3.35. The monoisotopic (exact) mass is 380 g/mol. The van der Waals surface area contributed by atoms with Crippen molar-refractivity contribution in [3.05, 3.63) is 53.1 Å². The summed E-state index contributed by atoms with van der Waals surface area (Å²) in [5.41, 5.74) is 5.06. The fraction of sp³-hybridized carbons (Fsp3) is 0.391. The van der Waals surface area contributed by atoms with E-state index in [9.17, 15) is 4.79 Å². The maximum Gasteiger partial charge on any atom is 0.338 e. The van der Waals surface area contributed by atoms with E-state index in [1.807, 2.05) is 26.0 Å². The molecule has 5 heteroatoms. The van der Waals surface area contributed by atoms with Gasteiger partial charge in [0.1, 0.15) is 5.52 Å². The first-order chi connectivity index (χ1) is 13.5. The molecule has 148 valence electrons. The first-order valence-corrected chi connectivity index (χ1v) is 9.89. The van der Waals surface area contributed by atoms with Crippen molar-refractivity contribution in [2.45, 2.75) is 34.1 Å². The second-order valence-electron chi connectivity index (χ2n) is 7.09. The average molecular weight is 380 g/mol. The number of ether oxygens (including phenoxy) is 1. The summed E-state index contributed by atoms with van der Waals surface area (Å²) < 4.78 is 11.3. The molecule has 0 radical (unpaired) electrons. The molecule has 0 fully saturated rings. The van der Waals surface area contributed by atoms with Gasteiger partial charge in [0.15, 0.2) is 5.58 Å². The van der Waals surface area contributed by atoms with Gasteiger partial charge in [-0.15, -0.1) is 0 Å². The van der Waals surface area contributed by atoms with Crippen molar-refractivity contribution in [1.82, 2.24) is 9.88 Å². The van der Waals surface area contributed by atoms with Crippen molar-refractivity contribution in [2.75, 3.05) is 26.2 Å². The second kappa shape index (κ2) is 9.02. The van der Waals surface area contributed by atoms with E-state index in [4.69, 9.17) is 9.15 Å². The minimum absolute atomic E-state index is 0.328. The number of hydrogen-bond donors (Lipinski definition) is 0. The molecule has 0 bridgehead atoms. The lowest BCUT2D eigenvalue weighted by Gasteiger charge is -2.17. The molecular formula is C23H28N2O3. The number of aryl methyl sites for hydroxylation is 2. The molecule has 0 aliphatic carbocycles. The fourth-order valence-electron chi connectivity index (χ4n) is 3.35. The molecule has 0 saturated carbocycles. The first-order valence-electron chi connectivity index (χ1n) is 9.89. The molecule has 1 aromatic heterocycles. The van der Waals surface area contributed by atoms with Crippen LogP contribution in [0.3, 0.4) is 0 Å². The standard InChI is InChI=1S/C23H28N2O3/c1-5-25(6-2)10-7-11-27-23(26)18-8-9-20-21(15-18)28-22(24-20)19-13-16(3)12-17(4)14-19/h8-9,12-15H,5-7,10-11H2,1-4H3. The van der Waals surface area contributed by atoms with Crippen LogP contribution in [0.5, 0.6) is 0 Å². The molecule has 0 aliphatic rings. The summed E-state index contributed by atoms with van der Waals surface area (Å²) in [6.07, 6.45) is 0.828. The molecule has 0 saturated heterocycles. The van der Waals surface area contributed by atoms with Gasteiger partial charge < -0.3 is 14.1 Å². The minimum Gasteiger partial charge on any atom is -0.462 e. The molecule has 0 amide bonds. The van der Waals surface area contributed by atoms with Crippen molar-refractivity contribution in [3.63, 3.8) is 0 Å². The average Bonchev–Trinajstić information content (AvgIpc) is 3.10. The molecule has 1 heterocycles. The normalized spacial score (nSPS) is 11.3. The zero-order valence-corrected chi connectivity index (χ0v) is 17.1. The van der Waals surface area contributed by atoms with E-state index in [1.54, 1.807) is 18.2 Å². The third kappa shape index (κ3) is 4.78. The summed E-state index contributed by atoms with van der Waals surface area (Å²) in [6.45, 7) is 11.7. The van der Waals surface area contributed by atoms with Crippen molar-refractivity contribution >= 4 is 17.1 Å². The topological polar surface area (TPSA) is 55.6 Å². The van der Waals surface area contributed by atoms with Crippen LogP contribution in [0.4, 0.5) is 0 Å². The largest absolute Gasteiger partial charge is 0.462 e. The summed E-state index contributed by atoms with van der Waals surface area (Å²) in [5, 5.41) is 0. The summed E-state index contributed by atoms with van der Waals surface area (Å²) in [7, 11) is 0. The number of carbonyl (C=O) groups is 1. The van der Waals surface area contributed by atoms with Crippen molar-refractivity contribution in [3.8, 4) is 11.5 Å². The number of aromatic nitrogens is 1. The SMILES string of the molecule is CCN(CC)CCCOC(=O)c1ccc2nc(-c3cc(C)cc(C)c3)oc2c1. The Hall–Kier alpha value is -2.66. The van der Waals surface area contributed by atoms with Gasteiger partial charge >= 0.3 is 5.97 Å². The van der Waals surface area contributed by atoms with E-state index >= 15 is 0 Å². The number of nitrogens with zero attached hydrogens (tertiary/aromatic N) is 2. The summed E-state index contributed by atoms with van der Waals surface area (Å²) in [5.74, 6) is 0.234. The zero-order chi connectivity index (χ0) is 20.1. The Balaban J connectivity index is 1.69. The predicted molar refractivity (Wildman–Crippen MR) is 112 cm³/mol. The Morgan fingerprint density at radius 3 is 2.46 bits per heavy atom. The van der Waals surface area contributed by atoms with Gasteiger partial charge in [-0.05, 0) is 63.7 Å². The Kier molecular flexibility index (Phi) is 6.47. The number of carbonyl (C=O) groups excluding carboxylic acids is 1. The third-order valence-electron chi connectivity index (χ3n) is 4.84. The quantitative estimate of drug-likeness (QED) is 0.406. The molecule has 0 unspecified atom stereocenters. The zero-order valence-electron chi connectivity index (χ0n) is 17.1. The Labute approximate surface area is 166 Å². The summed E-state index contributed by atoms with van der Waals surface area (Å²) in [6, 6.07) is 11.5. The van der Waals surface area contributed by atoms with E-state index in [0.717, 1.165) is 48.3 Å². The smallest absolute Gasteiger partial charge is 0.338 e. The molecule has 0 atom stereocenters. The van der Waals surface area contributed by atoms with Gasteiger partial charge in [0, 0.05) is 12.1 Å². The van der Waals surface area contributed by atoms with Crippen molar-refractivity contribution in [1.29, 1.82) is 0 Å². The lowest BCUT2D eigenvalue weighted by atomic mass is 10.1. The lowest BCUT2D eigenvalue weighted by molar-refractivity contribution is 0.0489. The third-order valence-corrected chi connectivity index (χ3v) is 4.84. The highest BCUT2D eigenvalue weighted by molar-refractivity contribution is 5.93. The minimum atomic E-state index is -0.328. The Morgan fingerprint density at radius 2 is 1.79 bits per heavy atom. The molecule has 3 aromatic rings. The van der Waals surface area contributed by atoms with Gasteiger partial charge in [0.2, 0.25) is 5.89 Å². The number of fused-ring (bicyclic) bond motifs is 1. The molecule has 5 nitrogen and oxygen atoms in total. The predicted octanol–water partition coefficient (Wildman–Crippen LogP) is 5.00. The molecule has 0 N–H and O–H groups in total. The van der Waals surface area contributed by atoms with Gasteiger partial charge in [-0.2, -0.15) is 0 Å². The second-order valence-corrected chi connectivity index (χ2v) is 7.09. The highest BCUT2D eigenvalue weighted by Gasteiger charge is 2.13. The molecule has 0 spiro atoms. The van der Waals surface area contributed by atoms with E-state index < -0.39 is 0 Å². The number of oxazole rings is 1. The maximum atomic E-state index is 12.3. The van der Waals surface area contributed by atoms with Crippen LogP contribution in [0.15, 0.2) is 40.8 Å². The van der Waals surface area contributed by atoms with E-state index in [1.165, 1.54) is 0 Å². The highest BCUT2D eigenvalue weighted by Crippen LogP contribution is 2.26. The summed E-state index contributed by atoms with van der Waals surface area (Å²) >= 11 is 0. The maximum absolute atomic E-state index is 12.3. The van der Waals surface area contributed by atoms with Gasteiger partial charge in [-0.3, -0.25) is 0 Å². The summed E-state index contributed by atoms with van der Waals surface area (Å²) in [4.78, 5) is 19.2. The van der Waals surface area contributed by atoms with Crippen LogP contribution in [-0.2, 0) is 4.74 Å². The number of esters is 1. The van der Waals surface area contributed by atoms with E-state index in [2.05, 4.69) is 29.8 Å². The molecule has 0 aliphatic heterocycles. The first kappa shape index (κ1) is 20.1. The number of rotatable bonds is 8. The van der Waals surface area contributed by atoms with Crippen LogP contribution < -0.4 is 0 Å². The van der Waals surface area contributed by atoms with Gasteiger partial charge in [0.25, 0.3) is 0 Å². The Bertz CT molecular complexity index is 937. The van der Waals surface area contributed by atoms with Crippen LogP contribution in [-0.4, -0.2) is 42.1 Å². The molecule has 3 rings (SSSR count). The van der Waals surface area contributed by atoms with Crippen molar-refractivity contribution in [2.24, 2.45) is 0 Å². The van der Waals surface area contributed by atoms with E-state index in [0.29, 0.717) is 23.6 Å². The highest BCUT2D eigenvalue weighted by atomic mass is 16.5. The van der Waals surface area contributed by atoms with Crippen LogP contribution in [0.25, 0.3) is 22.6 Å². The van der Waals surface area contributed by atoms with Crippen molar-refractivity contribution < 1.29 is 13.9 Å². The molecule has 28 heavy (non-hydrogen) atoms. The van der Waals surface area contributed by atoms with Gasteiger partial charge in [-0.1, -0.05) is 31.0 Å². The van der Waals surface area contributed by atoms with Crippen LogP contribution in [0.1, 0.15) is 41.8 Å². The van der Waals surface area contributed by atoms with Gasteiger partial charge in [0.05, 0.1) is 12.2 Å². The van der Waals surface area contributed by atoms with Gasteiger partial charge in [-0.25, -0.2) is 9.78 Å². The van der Waals surface area contributed by atoms with Crippen LogP contribution in [0, 0.1) is 13.8 Å². The Morgan fingerprint density at radius 1 is 1.07 bits per heavy atom. The molecule has 2 aromatic carbocycles. The van der Waals surface area contributed by atoms with Crippen LogP contribution in [0.2, 0.25) is 0 Å². The number of hydrogen-bond acceptors (Lipinski definition) is 5. The lowest BCUT2D eigenvalue weighted by Crippen LogP contribution is -2.25. The molecular weight excluding hydrogens is 352 g/mol. The van der Waals surface area contributed by atoms with E-state index in [-0.39, 0.29) is 5.97 Å².